The van der Waals surface area contributed by atoms with Crippen LogP contribution < -0.4 is 0 Å². The Morgan fingerprint density at radius 3 is 2.36 bits per heavy atom. The van der Waals surface area contributed by atoms with Gasteiger partial charge in [-0.25, -0.2) is 0 Å². The molecule has 0 bridgehead atoms. The maximum atomic E-state index is 11.7. The predicted molar refractivity (Wildman–Crippen MR) is 57.3 cm³/mol. The van der Waals surface area contributed by atoms with E-state index in [1.807, 2.05) is 0 Å². The Morgan fingerprint density at radius 2 is 1.86 bits per heavy atom. The lowest BCUT2D eigenvalue weighted by Crippen LogP contribution is -2.49. The van der Waals surface area contributed by atoms with Gasteiger partial charge in [0.2, 0.25) is 0 Å². The molecule has 2 fully saturated rings. The molecule has 0 spiro atoms. The average molecular weight is 195 g/mol. The molecule has 80 valence electrons. The number of carbonyl (C=O) groups is 1. The van der Waals surface area contributed by atoms with E-state index in [-0.39, 0.29) is 5.54 Å². The fourth-order valence-corrected chi connectivity index (χ4v) is 3.00. The lowest BCUT2D eigenvalue weighted by Gasteiger charge is -2.39. The number of hydrogen-bond acceptors (Lipinski definition) is 2. The van der Waals surface area contributed by atoms with Crippen molar-refractivity contribution < 1.29 is 4.79 Å². The Bertz CT molecular complexity index is 228. The van der Waals surface area contributed by atoms with Crippen molar-refractivity contribution in [2.24, 2.45) is 0 Å². The van der Waals surface area contributed by atoms with Crippen molar-refractivity contribution in [3.05, 3.63) is 0 Å². The fourth-order valence-electron chi connectivity index (χ4n) is 3.00. The number of likely N-dealkylation sites (tertiary alicyclic amines) is 1. The molecule has 1 heterocycles. The molecule has 0 aromatic heterocycles. The molecule has 1 saturated heterocycles. The zero-order valence-corrected chi connectivity index (χ0v) is 9.38. The minimum Gasteiger partial charge on any atom is -0.298 e. The zero-order chi connectivity index (χ0) is 10.2. The monoisotopic (exact) mass is 195 g/mol. The molecule has 0 amide bonds. The van der Waals surface area contributed by atoms with Crippen LogP contribution in [0, 0.1) is 0 Å². The van der Waals surface area contributed by atoms with Gasteiger partial charge in [-0.2, -0.15) is 0 Å². The largest absolute Gasteiger partial charge is 0.298 e. The summed E-state index contributed by atoms with van der Waals surface area (Å²) < 4.78 is 0. The highest BCUT2D eigenvalue weighted by molar-refractivity contribution is 5.89. The van der Waals surface area contributed by atoms with Crippen LogP contribution in [0.1, 0.15) is 52.4 Å². The van der Waals surface area contributed by atoms with E-state index in [9.17, 15) is 4.79 Å². The molecule has 0 aromatic rings. The highest BCUT2D eigenvalue weighted by Crippen LogP contribution is 2.33. The summed E-state index contributed by atoms with van der Waals surface area (Å²) in [6.07, 6.45) is 7.46. The quantitative estimate of drug-likeness (QED) is 0.640. The van der Waals surface area contributed by atoms with Gasteiger partial charge in [-0.1, -0.05) is 19.3 Å². The summed E-state index contributed by atoms with van der Waals surface area (Å²) in [7, 11) is 0. The summed E-state index contributed by atoms with van der Waals surface area (Å²) in [6.45, 7) is 5.18. The molecule has 2 aliphatic rings. The molecule has 1 aliphatic heterocycles. The molecule has 0 unspecified atom stereocenters. The number of carbonyl (C=O) groups excluding carboxylic acids is 1. The van der Waals surface area contributed by atoms with Gasteiger partial charge in [0.25, 0.3) is 0 Å². The van der Waals surface area contributed by atoms with Crippen LogP contribution in [0.2, 0.25) is 0 Å². The van der Waals surface area contributed by atoms with Crippen LogP contribution >= 0.6 is 0 Å². The van der Waals surface area contributed by atoms with Crippen LogP contribution in [0.25, 0.3) is 0 Å². The molecule has 1 aliphatic carbocycles. The van der Waals surface area contributed by atoms with E-state index in [2.05, 4.69) is 18.7 Å². The summed E-state index contributed by atoms with van der Waals surface area (Å²) >= 11 is 0. The van der Waals surface area contributed by atoms with Gasteiger partial charge in [-0.3, -0.25) is 9.69 Å². The molecule has 2 heteroatoms. The Kier molecular flexibility index (Phi) is 2.65. The normalized spacial score (nSPS) is 29.7. The first-order valence-corrected chi connectivity index (χ1v) is 5.92. The van der Waals surface area contributed by atoms with E-state index in [1.54, 1.807) is 0 Å². The Hall–Kier alpha value is -0.370. The standard InChI is InChI=1S/C12H21NO/c1-12(2)11(14)8-9-13(12)10-6-4-3-5-7-10/h10H,3-9H2,1-2H3. The summed E-state index contributed by atoms with van der Waals surface area (Å²) in [5.74, 6) is 0.433. The molecule has 2 nitrogen and oxygen atoms in total. The third kappa shape index (κ3) is 1.60. The van der Waals surface area contributed by atoms with Gasteiger partial charge < -0.3 is 0 Å². The molecule has 0 aromatic carbocycles. The van der Waals surface area contributed by atoms with Gasteiger partial charge in [0.05, 0.1) is 5.54 Å². The molecule has 2 rings (SSSR count). The lowest BCUT2D eigenvalue weighted by atomic mass is 9.91. The Balaban J connectivity index is 2.06. The molecular formula is C12H21NO. The van der Waals surface area contributed by atoms with Crippen molar-refractivity contribution in [1.82, 2.24) is 4.90 Å². The zero-order valence-electron chi connectivity index (χ0n) is 9.38. The van der Waals surface area contributed by atoms with E-state index < -0.39 is 0 Å². The molecule has 0 atom stereocenters. The predicted octanol–water partition coefficient (Wildman–Crippen LogP) is 2.37. The Morgan fingerprint density at radius 1 is 1.21 bits per heavy atom. The van der Waals surface area contributed by atoms with Gasteiger partial charge in [-0.05, 0) is 26.7 Å². The van der Waals surface area contributed by atoms with Crippen molar-refractivity contribution in [3.63, 3.8) is 0 Å². The summed E-state index contributed by atoms with van der Waals surface area (Å²) in [5, 5.41) is 0. The number of ketones is 1. The molecule has 0 N–H and O–H groups in total. The lowest BCUT2D eigenvalue weighted by molar-refractivity contribution is -0.124. The van der Waals surface area contributed by atoms with E-state index in [4.69, 9.17) is 0 Å². The van der Waals surface area contributed by atoms with Crippen LogP contribution in [0.15, 0.2) is 0 Å². The van der Waals surface area contributed by atoms with Crippen molar-refractivity contribution in [3.8, 4) is 0 Å². The number of hydrogen-bond donors (Lipinski definition) is 0. The van der Waals surface area contributed by atoms with E-state index >= 15 is 0 Å². The average Bonchev–Trinajstić information content (AvgIpc) is 2.44. The van der Waals surface area contributed by atoms with Crippen molar-refractivity contribution in [2.75, 3.05) is 6.54 Å². The fraction of sp³-hybridized carbons (Fsp3) is 0.917. The third-order valence-corrected chi connectivity index (χ3v) is 4.00. The first-order valence-electron chi connectivity index (χ1n) is 5.92. The number of rotatable bonds is 1. The second-order valence-electron chi connectivity index (χ2n) is 5.22. The summed E-state index contributed by atoms with van der Waals surface area (Å²) in [5.41, 5.74) is -0.179. The second kappa shape index (κ2) is 3.65. The molecule has 0 radical (unpaired) electrons. The first kappa shape index (κ1) is 10.2. The topological polar surface area (TPSA) is 20.3 Å². The molecule has 14 heavy (non-hydrogen) atoms. The minimum atomic E-state index is -0.179. The SMILES string of the molecule is CC1(C)C(=O)CCN1C1CCCCC1. The second-order valence-corrected chi connectivity index (χ2v) is 5.22. The molecule has 1 saturated carbocycles. The highest BCUT2D eigenvalue weighted by Gasteiger charge is 2.43. The van der Waals surface area contributed by atoms with Crippen LogP contribution in [-0.4, -0.2) is 28.8 Å². The Labute approximate surface area is 86.7 Å². The van der Waals surface area contributed by atoms with Crippen LogP contribution in [0.3, 0.4) is 0 Å². The molecular weight excluding hydrogens is 174 g/mol. The van der Waals surface area contributed by atoms with Crippen molar-refractivity contribution >= 4 is 5.78 Å². The maximum absolute atomic E-state index is 11.7. The maximum Gasteiger partial charge on any atom is 0.153 e. The summed E-state index contributed by atoms with van der Waals surface area (Å²) in [4.78, 5) is 14.2. The van der Waals surface area contributed by atoms with Crippen molar-refractivity contribution in [2.45, 2.75) is 64.0 Å². The van der Waals surface area contributed by atoms with Crippen molar-refractivity contribution in [1.29, 1.82) is 0 Å². The van der Waals surface area contributed by atoms with Gasteiger partial charge >= 0.3 is 0 Å². The van der Waals surface area contributed by atoms with Gasteiger partial charge in [0, 0.05) is 19.0 Å². The summed E-state index contributed by atoms with van der Waals surface area (Å²) in [6, 6.07) is 0.685. The highest BCUT2D eigenvalue weighted by atomic mass is 16.1. The van der Waals surface area contributed by atoms with E-state index in [0.717, 1.165) is 13.0 Å². The van der Waals surface area contributed by atoms with E-state index in [0.29, 0.717) is 11.8 Å². The van der Waals surface area contributed by atoms with Gasteiger partial charge in [0.15, 0.2) is 5.78 Å². The van der Waals surface area contributed by atoms with Crippen LogP contribution in [-0.2, 0) is 4.79 Å². The van der Waals surface area contributed by atoms with Crippen LogP contribution in [0.4, 0.5) is 0 Å². The van der Waals surface area contributed by atoms with Crippen LogP contribution in [0.5, 0.6) is 0 Å². The smallest absolute Gasteiger partial charge is 0.153 e. The first-order chi connectivity index (χ1) is 6.62. The van der Waals surface area contributed by atoms with E-state index in [1.165, 1.54) is 32.1 Å². The number of nitrogens with zero attached hydrogens (tertiary/aromatic N) is 1. The number of Topliss-reactive ketones (excluding diaryl/α,β-unsaturated/α-hetero) is 1. The van der Waals surface area contributed by atoms with Gasteiger partial charge in [-0.15, -0.1) is 0 Å². The van der Waals surface area contributed by atoms with Gasteiger partial charge in [0.1, 0.15) is 0 Å². The minimum absolute atomic E-state index is 0.179. The third-order valence-electron chi connectivity index (χ3n) is 4.00.